The molecule has 4 heteroatoms. The van der Waals surface area contributed by atoms with Gasteiger partial charge in [0.1, 0.15) is 11.5 Å². The maximum atomic E-state index is 6.07. The van der Waals surface area contributed by atoms with Crippen LogP contribution >= 0.6 is 0 Å². The molecule has 90 valence electrons. The summed E-state index contributed by atoms with van der Waals surface area (Å²) >= 11 is 0. The van der Waals surface area contributed by atoms with Gasteiger partial charge in [0.15, 0.2) is 0 Å². The molecule has 0 bridgehead atoms. The second-order valence-corrected chi connectivity index (χ2v) is 3.85. The zero-order chi connectivity index (χ0) is 12.3. The molecule has 0 saturated carbocycles. The van der Waals surface area contributed by atoms with Crippen LogP contribution in [0.2, 0.25) is 0 Å². The maximum absolute atomic E-state index is 6.07. The van der Waals surface area contributed by atoms with Gasteiger partial charge in [-0.05, 0) is 12.5 Å². The van der Waals surface area contributed by atoms with E-state index in [1.165, 1.54) is 0 Å². The number of hydrogen-bond donors (Lipinski definition) is 1. The lowest BCUT2D eigenvalue weighted by molar-refractivity contribution is 0.185. The zero-order valence-corrected chi connectivity index (χ0v) is 10.2. The molecule has 2 N–H and O–H groups in total. The molecular formula is C13H17N3O. The Bertz CT molecular complexity index is 505. The Morgan fingerprint density at radius 2 is 2.12 bits per heavy atom. The van der Waals surface area contributed by atoms with Crippen molar-refractivity contribution >= 4 is 5.82 Å². The lowest BCUT2D eigenvalue weighted by Crippen LogP contribution is -2.00. The number of nitrogens with zero attached hydrogens (tertiary/aromatic N) is 2. The molecule has 0 spiro atoms. The lowest BCUT2D eigenvalue weighted by atomic mass is 10.1. The minimum Gasteiger partial charge on any atom is -0.383 e. The maximum Gasteiger partial charge on any atom is 0.131 e. The molecule has 4 nitrogen and oxygen atoms in total. The topological polar surface area (TPSA) is 53.1 Å². The molecule has 0 aliphatic carbocycles. The first-order valence-corrected chi connectivity index (χ1v) is 5.65. The quantitative estimate of drug-likeness (QED) is 0.878. The number of nitrogens with two attached hydrogens (primary N) is 1. The molecular weight excluding hydrogens is 214 g/mol. The van der Waals surface area contributed by atoms with Crippen molar-refractivity contribution in [1.29, 1.82) is 0 Å². The monoisotopic (exact) mass is 231 g/mol. The molecule has 1 aromatic heterocycles. The van der Waals surface area contributed by atoms with Crippen molar-refractivity contribution in [3.63, 3.8) is 0 Å². The summed E-state index contributed by atoms with van der Waals surface area (Å²) in [7, 11) is 1.69. The fourth-order valence-electron chi connectivity index (χ4n) is 1.88. The van der Waals surface area contributed by atoms with Crippen LogP contribution in [0, 0.1) is 0 Å². The number of hydrogen-bond acceptors (Lipinski definition) is 3. The average Bonchev–Trinajstić information content (AvgIpc) is 2.72. The van der Waals surface area contributed by atoms with Crippen LogP contribution in [0.1, 0.15) is 12.5 Å². The third kappa shape index (κ3) is 2.17. The van der Waals surface area contributed by atoms with Gasteiger partial charge in [0.2, 0.25) is 0 Å². The van der Waals surface area contributed by atoms with Gasteiger partial charge in [0.25, 0.3) is 0 Å². The second-order valence-electron chi connectivity index (χ2n) is 3.85. The summed E-state index contributed by atoms with van der Waals surface area (Å²) in [5.74, 6) is 0.705. The van der Waals surface area contributed by atoms with Gasteiger partial charge in [-0.2, -0.15) is 0 Å². The number of aryl methyl sites for hydroxylation is 1. The van der Waals surface area contributed by atoms with E-state index in [1.54, 1.807) is 13.4 Å². The molecule has 0 radical (unpaired) electrons. The Hall–Kier alpha value is -1.81. The number of rotatable bonds is 4. The minimum absolute atomic E-state index is 0.564. The number of imidazole rings is 1. The molecule has 1 heterocycles. The van der Waals surface area contributed by atoms with Gasteiger partial charge in [-0.3, -0.25) is 0 Å². The predicted octanol–water partition coefficient (Wildman–Crippen LogP) is 2.30. The summed E-state index contributed by atoms with van der Waals surface area (Å²) in [6.07, 6.45) is 1.77. The predicted molar refractivity (Wildman–Crippen MR) is 68.5 cm³/mol. The first-order valence-electron chi connectivity index (χ1n) is 5.65. The third-order valence-corrected chi connectivity index (χ3v) is 2.79. The summed E-state index contributed by atoms with van der Waals surface area (Å²) in [6.45, 7) is 3.43. The number of nitrogen functional groups attached to an aromatic ring is 1. The van der Waals surface area contributed by atoms with Gasteiger partial charge in [-0.15, -0.1) is 0 Å². The Kier molecular flexibility index (Phi) is 3.44. The summed E-state index contributed by atoms with van der Waals surface area (Å²) in [5, 5.41) is 0. The van der Waals surface area contributed by atoms with Gasteiger partial charge in [-0.25, -0.2) is 4.98 Å². The van der Waals surface area contributed by atoms with Gasteiger partial charge in [0, 0.05) is 19.2 Å². The van der Waals surface area contributed by atoms with Crippen LogP contribution in [0.5, 0.6) is 0 Å². The number of benzene rings is 1. The SMILES string of the molecule is CCn1cnc(-c2ccccc2COC)c1N. The van der Waals surface area contributed by atoms with Crippen LogP contribution in [-0.4, -0.2) is 16.7 Å². The summed E-state index contributed by atoms with van der Waals surface area (Å²) in [4.78, 5) is 4.38. The standard InChI is InChI=1S/C13H17N3O/c1-3-16-9-15-12(13(16)14)11-7-5-4-6-10(11)8-17-2/h4-7,9H,3,8,14H2,1-2H3. The molecule has 2 rings (SSSR count). The van der Waals surface area contributed by atoms with E-state index in [1.807, 2.05) is 35.8 Å². The highest BCUT2D eigenvalue weighted by Crippen LogP contribution is 2.27. The molecule has 17 heavy (non-hydrogen) atoms. The number of aromatic nitrogens is 2. The van der Waals surface area contributed by atoms with Crippen molar-refractivity contribution in [2.75, 3.05) is 12.8 Å². The first kappa shape index (κ1) is 11.7. The largest absolute Gasteiger partial charge is 0.383 e. The van der Waals surface area contributed by atoms with Crippen LogP contribution < -0.4 is 5.73 Å². The highest BCUT2D eigenvalue weighted by atomic mass is 16.5. The molecule has 1 aromatic carbocycles. The average molecular weight is 231 g/mol. The van der Waals surface area contributed by atoms with Crippen LogP contribution in [0.15, 0.2) is 30.6 Å². The van der Waals surface area contributed by atoms with E-state index in [-0.39, 0.29) is 0 Å². The van der Waals surface area contributed by atoms with E-state index in [0.717, 1.165) is 23.4 Å². The Labute approximate surface area is 101 Å². The molecule has 0 aliphatic heterocycles. The number of anilines is 1. The molecule has 2 aromatic rings. The van der Waals surface area contributed by atoms with Crippen molar-refractivity contribution in [3.05, 3.63) is 36.2 Å². The van der Waals surface area contributed by atoms with Crippen LogP contribution in [0.4, 0.5) is 5.82 Å². The van der Waals surface area contributed by atoms with Gasteiger partial charge in [0.05, 0.1) is 12.9 Å². The zero-order valence-electron chi connectivity index (χ0n) is 10.2. The molecule has 0 aliphatic rings. The Morgan fingerprint density at radius 3 is 2.76 bits per heavy atom. The van der Waals surface area contributed by atoms with E-state index in [0.29, 0.717) is 12.4 Å². The van der Waals surface area contributed by atoms with E-state index in [4.69, 9.17) is 10.5 Å². The molecule has 0 unspecified atom stereocenters. The summed E-state index contributed by atoms with van der Waals surface area (Å²) in [6, 6.07) is 8.03. The summed E-state index contributed by atoms with van der Waals surface area (Å²) in [5.41, 5.74) is 9.04. The van der Waals surface area contributed by atoms with Crippen molar-refractivity contribution < 1.29 is 4.74 Å². The van der Waals surface area contributed by atoms with Crippen LogP contribution in [-0.2, 0) is 17.9 Å². The first-order chi connectivity index (χ1) is 8.27. The lowest BCUT2D eigenvalue weighted by Gasteiger charge is -2.08. The minimum atomic E-state index is 0.564. The fourth-order valence-corrected chi connectivity index (χ4v) is 1.88. The van der Waals surface area contributed by atoms with Crippen LogP contribution in [0.3, 0.4) is 0 Å². The van der Waals surface area contributed by atoms with Crippen molar-refractivity contribution in [3.8, 4) is 11.3 Å². The third-order valence-electron chi connectivity index (χ3n) is 2.79. The van der Waals surface area contributed by atoms with E-state index >= 15 is 0 Å². The normalized spacial score (nSPS) is 10.7. The summed E-state index contributed by atoms with van der Waals surface area (Å²) < 4.78 is 7.12. The highest BCUT2D eigenvalue weighted by molar-refractivity contribution is 5.73. The van der Waals surface area contributed by atoms with Gasteiger partial charge < -0.3 is 15.0 Å². The number of methoxy groups -OCH3 is 1. The Morgan fingerprint density at radius 1 is 1.35 bits per heavy atom. The van der Waals surface area contributed by atoms with E-state index in [9.17, 15) is 0 Å². The van der Waals surface area contributed by atoms with Crippen molar-refractivity contribution in [2.24, 2.45) is 0 Å². The Balaban J connectivity index is 2.48. The molecule has 0 fully saturated rings. The van der Waals surface area contributed by atoms with E-state index in [2.05, 4.69) is 4.98 Å². The smallest absolute Gasteiger partial charge is 0.131 e. The van der Waals surface area contributed by atoms with Gasteiger partial charge >= 0.3 is 0 Å². The van der Waals surface area contributed by atoms with Crippen LogP contribution in [0.25, 0.3) is 11.3 Å². The number of ether oxygens (including phenoxy) is 1. The highest BCUT2D eigenvalue weighted by Gasteiger charge is 2.12. The van der Waals surface area contributed by atoms with Gasteiger partial charge in [-0.1, -0.05) is 24.3 Å². The van der Waals surface area contributed by atoms with E-state index < -0.39 is 0 Å². The molecule has 0 saturated heterocycles. The fraction of sp³-hybridized carbons (Fsp3) is 0.308. The van der Waals surface area contributed by atoms with Crippen molar-refractivity contribution in [2.45, 2.75) is 20.1 Å². The van der Waals surface area contributed by atoms with Crippen molar-refractivity contribution in [1.82, 2.24) is 9.55 Å². The molecule has 0 amide bonds. The second kappa shape index (κ2) is 5.01. The molecule has 0 atom stereocenters.